The molecule has 0 aromatic carbocycles. The fourth-order valence-corrected chi connectivity index (χ4v) is 1.70. The summed E-state index contributed by atoms with van der Waals surface area (Å²) < 4.78 is 0. The Balaban J connectivity index is 2.42. The molecule has 13 heavy (non-hydrogen) atoms. The first kappa shape index (κ1) is 8.25. The quantitative estimate of drug-likeness (QED) is 0.456. The maximum Gasteiger partial charge on any atom is 0.159 e. The van der Waals surface area contributed by atoms with Gasteiger partial charge in [0.05, 0.1) is 11.6 Å². The first-order chi connectivity index (χ1) is 6.42. The summed E-state index contributed by atoms with van der Waals surface area (Å²) >= 11 is 1.63. The zero-order valence-electron chi connectivity index (χ0n) is 6.90. The summed E-state index contributed by atoms with van der Waals surface area (Å²) in [5.41, 5.74) is 0.779. The van der Waals surface area contributed by atoms with Crippen molar-refractivity contribution in [1.82, 2.24) is 20.2 Å². The normalized spacial score (nSPS) is 10.5. The van der Waals surface area contributed by atoms with Crippen LogP contribution in [0.3, 0.4) is 0 Å². The predicted octanol–water partition coefficient (Wildman–Crippen LogP) is 1.63. The summed E-state index contributed by atoms with van der Waals surface area (Å²) in [6, 6.07) is 0. The first-order valence-corrected chi connectivity index (χ1v) is 4.78. The Labute approximate surface area is 79.5 Å². The molecule has 0 saturated carbocycles. The van der Waals surface area contributed by atoms with Crippen LogP contribution in [0.4, 0.5) is 0 Å². The molecule has 0 aliphatic carbocycles. The van der Waals surface area contributed by atoms with Crippen molar-refractivity contribution in [2.75, 3.05) is 5.75 Å². The largest absolute Gasteiger partial charge is 0.261 e. The van der Waals surface area contributed by atoms with Crippen LogP contribution < -0.4 is 0 Å². The minimum Gasteiger partial charge on any atom is -0.261 e. The molecule has 2 rings (SSSR count). The van der Waals surface area contributed by atoms with E-state index in [1.807, 2.05) is 6.08 Å². The average Bonchev–Trinajstić information content (AvgIpc) is 2.62. The highest BCUT2D eigenvalue weighted by Crippen LogP contribution is 2.22. The van der Waals surface area contributed by atoms with Crippen LogP contribution in [0.25, 0.3) is 11.0 Å². The molecule has 4 nitrogen and oxygen atoms in total. The molecule has 0 amide bonds. The number of hydrogen-bond donors (Lipinski definition) is 1. The standard InChI is InChI=1S/C8H8N4S/c1-2-3-13-8-6-4-11-12-7(6)9-5-10-8/h2,4-5H,1,3H2,(H,9,10,11,12). The van der Waals surface area contributed by atoms with E-state index >= 15 is 0 Å². The highest BCUT2D eigenvalue weighted by atomic mass is 32.2. The van der Waals surface area contributed by atoms with Gasteiger partial charge < -0.3 is 0 Å². The van der Waals surface area contributed by atoms with Crippen LogP contribution in [0.1, 0.15) is 0 Å². The van der Waals surface area contributed by atoms with Gasteiger partial charge in [-0.25, -0.2) is 9.97 Å². The topological polar surface area (TPSA) is 54.5 Å². The summed E-state index contributed by atoms with van der Waals surface area (Å²) in [6.07, 6.45) is 5.12. The molecule has 0 fully saturated rings. The maximum atomic E-state index is 4.16. The van der Waals surface area contributed by atoms with Crippen LogP contribution in [-0.4, -0.2) is 25.9 Å². The lowest BCUT2D eigenvalue weighted by Gasteiger charge is -1.96. The van der Waals surface area contributed by atoms with Crippen LogP contribution in [0.15, 0.2) is 30.2 Å². The van der Waals surface area contributed by atoms with E-state index in [1.165, 1.54) is 6.33 Å². The van der Waals surface area contributed by atoms with Gasteiger partial charge in [0.2, 0.25) is 0 Å². The van der Waals surface area contributed by atoms with Gasteiger partial charge in [0.25, 0.3) is 0 Å². The lowest BCUT2D eigenvalue weighted by molar-refractivity contribution is 1.07. The molecular weight excluding hydrogens is 184 g/mol. The second-order valence-corrected chi connectivity index (χ2v) is 3.42. The second kappa shape index (κ2) is 3.57. The van der Waals surface area contributed by atoms with E-state index in [0.717, 1.165) is 21.8 Å². The van der Waals surface area contributed by atoms with Gasteiger partial charge in [0.15, 0.2) is 5.65 Å². The number of hydrogen-bond acceptors (Lipinski definition) is 4. The number of thioether (sulfide) groups is 1. The third-order valence-electron chi connectivity index (χ3n) is 1.55. The van der Waals surface area contributed by atoms with Gasteiger partial charge in [-0.05, 0) is 0 Å². The summed E-state index contributed by atoms with van der Waals surface area (Å²) in [6.45, 7) is 3.66. The molecule has 0 unspecified atom stereocenters. The number of aromatic nitrogens is 4. The van der Waals surface area contributed by atoms with Crippen molar-refractivity contribution in [2.24, 2.45) is 0 Å². The minimum atomic E-state index is 0.779. The number of fused-ring (bicyclic) bond motifs is 1. The van der Waals surface area contributed by atoms with Crippen molar-refractivity contribution < 1.29 is 0 Å². The Morgan fingerprint density at radius 3 is 3.31 bits per heavy atom. The average molecular weight is 192 g/mol. The molecule has 0 radical (unpaired) electrons. The lowest BCUT2D eigenvalue weighted by atomic mass is 10.4. The SMILES string of the molecule is C=CCSc1ncnc2[nH]ncc12. The predicted molar refractivity (Wildman–Crippen MR) is 52.6 cm³/mol. The zero-order chi connectivity index (χ0) is 9.10. The molecule has 0 aliphatic heterocycles. The van der Waals surface area contributed by atoms with Gasteiger partial charge in [0.1, 0.15) is 11.4 Å². The van der Waals surface area contributed by atoms with Crippen molar-refractivity contribution >= 4 is 22.8 Å². The number of nitrogens with zero attached hydrogens (tertiary/aromatic N) is 3. The fourth-order valence-electron chi connectivity index (χ4n) is 0.996. The van der Waals surface area contributed by atoms with Crippen molar-refractivity contribution in [3.8, 4) is 0 Å². The van der Waals surface area contributed by atoms with Crippen LogP contribution in [-0.2, 0) is 0 Å². The Morgan fingerprint density at radius 2 is 2.46 bits per heavy atom. The van der Waals surface area contributed by atoms with E-state index in [1.54, 1.807) is 18.0 Å². The first-order valence-electron chi connectivity index (χ1n) is 3.79. The number of H-pyrrole nitrogens is 1. The molecule has 1 N–H and O–H groups in total. The van der Waals surface area contributed by atoms with Crippen LogP contribution in [0.5, 0.6) is 0 Å². The van der Waals surface area contributed by atoms with E-state index in [2.05, 4.69) is 26.7 Å². The van der Waals surface area contributed by atoms with Crippen LogP contribution >= 0.6 is 11.8 Å². The smallest absolute Gasteiger partial charge is 0.159 e. The van der Waals surface area contributed by atoms with Crippen molar-refractivity contribution in [3.05, 3.63) is 25.2 Å². The molecule has 66 valence electrons. The van der Waals surface area contributed by atoms with Crippen molar-refractivity contribution in [3.63, 3.8) is 0 Å². The third-order valence-corrected chi connectivity index (χ3v) is 2.55. The highest BCUT2D eigenvalue weighted by molar-refractivity contribution is 7.99. The Bertz CT molecular complexity index is 423. The van der Waals surface area contributed by atoms with Crippen molar-refractivity contribution in [2.45, 2.75) is 5.03 Å². The molecule has 5 heteroatoms. The molecule has 2 heterocycles. The summed E-state index contributed by atoms with van der Waals surface area (Å²) in [4.78, 5) is 8.20. The van der Waals surface area contributed by atoms with Gasteiger partial charge in [-0.15, -0.1) is 18.3 Å². The molecular formula is C8H8N4S. The van der Waals surface area contributed by atoms with Gasteiger partial charge in [-0.2, -0.15) is 5.10 Å². The molecule has 2 aromatic rings. The molecule has 0 atom stereocenters. The van der Waals surface area contributed by atoms with Gasteiger partial charge >= 0.3 is 0 Å². The summed E-state index contributed by atoms with van der Waals surface area (Å²) in [5.74, 6) is 0.845. The molecule has 0 spiro atoms. The monoisotopic (exact) mass is 192 g/mol. The molecule has 2 aromatic heterocycles. The third kappa shape index (κ3) is 1.55. The number of aromatic amines is 1. The zero-order valence-corrected chi connectivity index (χ0v) is 7.71. The Hall–Kier alpha value is -1.36. The molecule has 0 aliphatic rings. The Morgan fingerprint density at radius 1 is 1.54 bits per heavy atom. The van der Waals surface area contributed by atoms with E-state index in [-0.39, 0.29) is 0 Å². The number of nitrogens with one attached hydrogen (secondary N) is 1. The summed E-state index contributed by atoms with van der Waals surface area (Å²) in [5, 5.41) is 8.61. The van der Waals surface area contributed by atoms with E-state index in [9.17, 15) is 0 Å². The Kier molecular flexibility index (Phi) is 2.27. The van der Waals surface area contributed by atoms with Crippen LogP contribution in [0, 0.1) is 0 Å². The summed E-state index contributed by atoms with van der Waals surface area (Å²) in [7, 11) is 0. The van der Waals surface area contributed by atoms with E-state index in [4.69, 9.17) is 0 Å². The highest BCUT2D eigenvalue weighted by Gasteiger charge is 2.03. The fraction of sp³-hybridized carbons (Fsp3) is 0.125. The van der Waals surface area contributed by atoms with Gasteiger partial charge in [-0.1, -0.05) is 6.08 Å². The minimum absolute atomic E-state index is 0.779. The van der Waals surface area contributed by atoms with Crippen LogP contribution in [0.2, 0.25) is 0 Å². The molecule has 0 bridgehead atoms. The lowest BCUT2D eigenvalue weighted by Crippen LogP contribution is -1.84. The number of rotatable bonds is 3. The maximum absolute atomic E-state index is 4.16. The van der Waals surface area contributed by atoms with E-state index < -0.39 is 0 Å². The van der Waals surface area contributed by atoms with Gasteiger partial charge in [0, 0.05) is 5.75 Å². The van der Waals surface area contributed by atoms with E-state index in [0.29, 0.717) is 0 Å². The van der Waals surface area contributed by atoms with Gasteiger partial charge in [-0.3, -0.25) is 5.10 Å². The van der Waals surface area contributed by atoms with Crippen molar-refractivity contribution in [1.29, 1.82) is 0 Å². The second-order valence-electron chi connectivity index (χ2n) is 2.41. The molecule has 0 saturated heterocycles.